The highest BCUT2D eigenvalue weighted by Crippen LogP contribution is 2.35. The van der Waals surface area contributed by atoms with E-state index in [1.807, 2.05) is 35.4 Å². The van der Waals surface area contributed by atoms with Crippen molar-refractivity contribution in [1.82, 2.24) is 14.4 Å². The quantitative estimate of drug-likeness (QED) is 0.649. The van der Waals surface area contributed by atoms with Gasteiger partial charge < -0.3 is 14.2 Å². The first-order valence-corrected chi connectivity index (χ1v) is 10.2. The highest BCUT2D eigenvalue weighted by Gasteiger charge is 2.44. The molecule has 0 saturated carbocycles. The van der Waals surface area contributed by atoms with Crippen LogP contribution in [-0.4, -0.2) is 46.5 Å². The Morgan fingerprint density at radius 1 is 0.967 bits per heavy atom. The second-order valence-electron chi connectivity index (χ2n) is 8.04. The average Bonchev–Trinajstić information content (AvgIpc) is 3.40. The number of ether oxygens (including phenoxy) is 1. The van der Waals surface area contributed by atoms with Crippen LogP contribution in [0.15, 0.2) is 66.9 Å². The Labute approximate surface area is 175 Å². The molecule has 2 aliphatic heterocycles. The standard InChI is InChI=1S/C24H24FN3O2/c1-30-20-5-2-4-18(12-20)13-26-15-22-23(16-26)28(14-17-7-9-19(25)10-8-17)24(29)21-6-3-11-27(21)22/h2-12,22-23H,13-16H2,1H3/t22-,23+/m1/s1. The number of hydrogen-bond acceptors (Lipinski definition) is 3. The fourth-order valence-corrected chi connectivity index (χ4v) is 4.72. The summed E-state index contributed by atoms with van der Waals surface area (Å²) in [5, 5.41) is 0. The van der Waals surface area contributed by atoms with Gasteiger partial charge in [-0.2, -0.15) is 0 Å². The highest BCUT2D eigenvalue weighted by atomic mass is 19.1. The minimum Gasteiger partial charge on any atom is -0.497 e. The van der Waals surface area contributed by atoms with Gasteiger partial charge in [0.05, 0.1) is 19.2 Å². The number of hydrogen-bond donors (Lipinski definition) is 0. The summed E-state index contributed by atoms with van der Waals surface area (Å²) >= 11 is 0. The lowest BCUT2D eigenvalue weighted by atomic mass is 10.0. The molecule has 2 atom stereocenters. The van der Waals surface area contributed by atoms with Gasteiger partial charge in [0.2, 0.25) is 0 Å². The van der Waals surface area contributed by atoms with Gasteiger partial charge in [-0.15, -0.1) is 0 Å². The zero-order chi connectivity index (χ0) is 20.7. The van der Waals surface area contributed by atoms with E-state index in [1.165, 1.54) is 17.7 Å². The molecule has 0 spiro atoms. The zero-order valence-corrected chi connectivity index (χ0v) is 16.9. The maximum Gasteiger partial charge on any atom is 0.271 e. The van der Waals surface area contributed by atoms with E-state index >= 15 is 0 Å². The molecule has 5 nitrogen and oxygen atoms in total. The summed E-state index contributed by atoms with van der Waals surface area (Å²) in [7, 11) is 1.68. The van der Waals surface area contributed by atoms with Crippen molar-refractivity contribution in [3.63, 3.8) is 0 Å². The van der Waals surface area contributed by atoms with Gasteiger partial charge in [-0.3, -0.25) is 9.69 Å². The molecule has 1 aromatic heterocycles. The number of fused-ring (bicyclic) bond motifs is 3. The molecule has 30 heavy (non-hydrogen) atoms. The van der Waals surface area contributed by atoms with E-state index in [9.17, 15) is 9.18 Å². The lowest BCUT2D eigenvalue weighted by Crippen LogP contribution is -2.49. The molecule has 3 heterocycles. The first-order chi connectivity index (χ1) is 14.6. The van der Waals surface area contributed by atoms with E-state index in [0.29, 0.717) is 6.54 Å². The normalized spacial score (nSPS) is 20.9. The Hall–Kier alpha value is -3.12. The molecule has 2 aromatic carbocycles. The van der Waals surface area contributed by atoms with Crippen LogP contribution in [0.3, 0.4) is 0 Å². The lowest BCUT2D eigenvalue weighted by Gasteiger charge is -2.38. The van der Waals surface area contributed by atoms with E-state index in [-0.39, 0.29) is 23.8 Å². The summed E-state index contributed by atoms with van der Waals surface area (Å²) < 4.78 is 20.8. The number of rotatable bonds is 5. The first kappa shape index (κ1) is 18.9. The molecule has 5 rings (SSSR count). The fourth-order valence-electron chi connectivity index (χ4n) is 4.72. The van der Waals surface area contributed by atoms with Crippen molar-refractivity contribution in [2.45, 2.75) is 25.2 Å². The summed E-state index contributed by atoms with van der Waals surface area (Å²) in [6, 6.07) is 18.7. The third-order valence-electron chi connectivity index (χ3n) is 6.16. The van der Waals surface area contributed by atoms with Gasteiger partial charge in [0.25, 0.3) is 5.91 Å². The molecule has 0 unspecified atom stereocenters. The van der Waals surface area contributed by atoms with Crippen LogP contribution in [0.5, 0.6) is 5.75 Å². The van der Waals surface area contributed by atoms with Gasteiger partial charge in [0.1, 0.15) is 17.3 Å². The van der Waals surface area contributed by atoms with Crippen LogP contribution in [0.25, 0.3) is 0 Å². The number of carbonyl (C=O) groups excluding carboxylic acids is 1. The van der Waals surface area contributed by atoms with Crippen molar-refractivity contribution in [2.75, 3.05) is 20.2 Å². The van der Waals surface area contributed by atoms with Crippen LogP contribution in [-0.2, 0) is 13.1 Å². The fraction of sp³-hybridized carbons (Fsp3) is 0.292. The van der Waals surface area contributed by atoms with Crippen molar-refractivity contribution in [3.05, 3.63) is 89.5 Å². The molecule has 1 fully saturated rings. The van der Waals surface area contributed by atoms with Crippen LogP contribution in [0, 0.1) is 5.82 Å². The topological polar surface area (TPSA) is 37.7 Å². The Bertz CT molecular complexity index is 1060. The van der Waals surface area contributed by atoms with Gasteiger partial charge >= 0.3 is 0 Å². The molecule has 154 valence electrons. The lowest BCUT2D eigenvalue weighted by molar-refractivity contribution is 0.0556. The van der Waals surface area contributed by atoms with E-state index in [0.717, 1.165) is 36.6 Å². The number of nitrogens with zero attached hydrogens (tertiary/aromatic N) is 3. The van der Waals surface area contributed by atoms with Crippen LogP contribution in [0.4, 0.5) is 4.39 Å². The van der Waals surface area contributed by atoms with Gasteiger partial charge in [-0.25, -0.2) is 4.39 Å². The Morgan fingerprint density at radius 3 is 2.57 bits per heavy atom. The Balaban J connectivity index is 1.41. The van der Waals surface area contributed by atoms with Crippen molar-refractivity contribution in [1.29, 1.82) is 0 Å². The zero-order valence-electron chi connectivity index (χ0n) is 16.9. The number of halogens is 1. The molecule has 0 bridgehead atoms. The summed E-state index contributed by atoms with van der Waals surface area (Å²) in [6.07, 6.45) is 2.01. The molecule has 0 radical (unpaired) electrons. The third kappa shape index (κ3) is 3.37. The predicted molar refractivity (Wildman–Crippen MR) is 112 cm³/mol. The van der Waals surface area contributed by atoms with Crippen LogP contribution in [0.2, 0.25) is 0 Å². The number of likely N-dealkylation sites (tertiary alicyclic amines) is 1. The Morgan fingerprint density at radius 2 is 1.77 bits per heavy atom. The molecule has 2 aliphatic rings. The highest BCUT2D eigenvalue weighted by molar-refractivity contribution is 5.94. The molecule has 6 heteroatoms. The van der Waals surface area contributed by atoms with Crippen molar-refractivity contribution in [3.8, 4) is 5.75 Å². The van der Waals surface area contributed by atoms with Crippen molar-refractivity contribution >= 4 is 5.91 Å². The SMILES string of the molecule is COc1cccc(CN2C[C@@H]3[C@H](C2)N(Cc2ccc(F)cc2)C(=O)c2cccn23)c1. The van der Waals surface area contributed by atoms with Crippen LogP contribution in [0.1, 0.15) is 27.7 Å². The summed E-state index contributed by atoms with van der Waals surface area (Å²) in [5.41, 5.74) is 2.86. The summed E-state index contributed by atoms with van der Waals surface area (Å²) in [6.45, 7) is 2.96. The maximum atomic E-state index is 13.3. The Kier molecular flexibility index (Phi) is 4.79. The monoisotopic (exact) mass is 405 g/mol. The maximum absolute atomic E-state index is 13.3. The molecular formula is C24H24FN3O2. The van der Waals surface area contributed by atoms with Crippen molar-refractivity contribution < 1.29 is 13.9 Å². The van der Waals surface area contributed by atoms with Crippen LogP contribution >= 0.6 is 0 Å². The van der Waals surface area contributed by atoms with E-state index < -0.39 is 0 Å². The number of aromatic nitrogens is 1. The van der Waals surface area contributed by atoms with Gasteiger partial charge in [-0.05, 0) is 47.5 Å². The predicted octanol–water partition coefficient (Wildman–Crippen LogP) is 3.72. The van der Waals surface area contributed by atoms with Gasteiger partial charge in [0.15, 0.2) is 0 Å². The molecule has 1 amide bonds. The smallest absolute Gasteiger partial charge is 0.271 e. The minimum absolute atomic E-state index is 0.0359. The molecule has 1 saturated heterocycles. The molecule has 0 aliphatic carbocycles. The van der Waals surface area contributed by atoms with E-state index in [1.54, 1.807) is 19.2 Å². The van der Waals surface area contributed by atoms with Crippen LogP contribution < -0.4 is 4.74 Å². The summed E-state index contributed by atoms with van der Waals surface area (Å²) in [5.74, 6) is 0.625. The van der Waals surface area contributed by atoms with E-state index in [2.05, 4.69) is 21.6 Å². The summed E-state index contributed by atoms with van der Waals surface area (Å²) in [4.78, 5) is 17.6. The molecule has 0 N–H and O–H groups in total. The van der Waals surface area contributed by atoms with E-state index in [4.69, 9.17) is 4.74 Å². The van der Waals surface area contributed by atoms with Crippen molar-refractivity contribution in [2.24, 2.45) is 0 Å². The molecule has 3 aromatic rings. The van der Waals surface area contributed by atoms with Gasteiger partial charge in [0, 0.05) is 32.4 Å². The third-order valence-corrected chi connectivity index (χ3v) is 6.16. The number of methoxy groups -OCH3 is 1. The number of amides is 1. The second kappa shape index (κ2) is 7.61. The second-order valence-corrected chi connectivity index (χ2v) is 8.04. The average molecular weight is 405 g/mol. The molecular weight excluding hydrogens is 381 g/mol. The minimum atomic E-state index is -0.263. The largest absolute Gasteiger partial charge is 0.497 e. The number of carbonyl (C=O) groups is 1. The van der Waals surface area contributed by atoms with Gasteiger partial charge in [-0.1, -0.05) is 24.3 Å². The number of benzene rings is 2. The first-order valence-electron chi connectivity index (χ1n) is 10.2.